The van der Waals surface area contributed by atoms with Gasteiger partial charge in [-0.1, -0.05) is 17.3 Å². The first kappa shape index (κ1) is 20.4. The molecule has 2 aromatic rings. The molecule has 1 aromatic heterocycles. The summed E-state index contributed by atoms with van der Waals surface area (Å²) in [5.74, 6) is -1.93. The van der Waals surface area contributed by atoms with Crippen LogP contribution in [0, 0.1) is 0 Å². The number of carboxylic acids is 1. The Kier molecular flexibility index (Phi) is 5.73. The molecular weight excluding hydrogens is 409 g/mol. The lowest BCUT2D eigenvalue weighted by atomic mass is 9.64. The zero-order chi connectivity index (χ0) is 21.3. The zero-order valence-electron chi connectivity index (χ0n) is 16.0. The maximum absolute atomic E-state index is 13.0. The molecule has 11 heteroatoms. The largest absolute Gasteiger partial charge is 0.535 e. The van der Waals surface area contributed by atoms with E-state index < -0.39 is 18.9 Å². The molecule has 1 atom stereocenters. The molecule has 2 heterocycles. The number of anilines is 1. The Labute approximate surface area is 176 Å². The molecule has 4 N–H and O–H groups in total. The van der Waals surface area contributed by atoms with Gasteiger partial charge in [0.25, 0.3) is 0 Å². The van der Waals surface area contributed by atoms with Gasteiger partial charge in [0, 0.05) is 17.6 Å². The monoisotopic (exact) mass is 429 g/mol. The quantitative estimate of drug-likeness (QED) is 0.345. The van der Waals surface area contributed by atoms with E-state index in [0.29, 0.717) is 22.8 Å². The van der Waals surface area contributed by atoms with E-state index in [4.69, 9.17) is 15.2 Å². The smallest absolute Gasteiger partial charge is 0.526 e. The van der Waals surface area contributed by atoms with Crippen molar-refractivity contribution in [3.8, 4) is 5.75 Å². The summed E-state index contributed by atoms with van der Waals surface area (Å²) in [4.78, 5) is 34.0. The number of ketones is 1. The zero-order valence-corrected chi connectivity index (χ0v) is 16.8. The Balaban J connectivity index is 1.53. The number of hydrogen-bond donors (Lipinski definition) is 3. The summed E-state index contributed by atoms with van der Waals surface area (Å²) in [6.45, 7) is 0. The van der Waals surface area contributed by atoms with Gasteiger partial charge < -0.3 is 25.4 Å². The number of benzene rings is 1. The summed E-state index contributed by atoms with van der Waals surface area (Å²) < 4.78 is 5.47. The maximum atomic E-state index is 13.0. The van der Waals surface area contributed by atoms with Crippen LogP contribution in [0.4, 0.5) is 5.13 Å². The second-order valence-corrected chi connectivity index (χ2v) is 8.26. The Morgan fingerprint density at radius 1 is 1.40 bits per heavy atom. The highest BCUT2D eigenvalue weighted by molar-refractivity contribution is 7.13. The fourth-order valence-electron chi connectivity index (χ4n) is 3.40. The van der Waals surface area contributed by atoms with Crippen molar-refractivity contribution in [1.82, 2.24) is 4.98 Å². The molecule has 0 saturated heterocycles. The van der Waals surface area contributed by atoms with Gasteiger partial charge in [0.15, 0.2) is 16.6 Å². The van der Waals surface area contributed by atoms with Crippen molar-refractivity contribution < 1.29 is 29.2 Å². The lowest BCUT2D eigenvalue weighted by Crippen LogP contribution is -2.37. The topological polar surface area (TPSA) is 144 Å². The standard InChI is InChI=1S/C19H20BN3O6S/c21-19-22-14(9-30-19)16(23-29-12-4-2-5-12)15(24)8-11-7-10-3-1-6-13(18(25)26)17(10)28-20(11)27/h1,3,6,9,11-12,27H,2,4-5,7-8H2,(H2,21,22)(H,25,26)/b23-16-/t11-/m1/s1. The van der Waals surface area contributed by atoms with Gasteiger partial charge in [0.05, 0.1) is 5.56 Å². The Morgan fingerprint density at radius 3 is 2.83 bits per heavy atom. The summed E-state index contributed by atoms with van der Waals surface area (Å²) in [5.41, 5.74) is 6.70. The van der Waals surface area contributed by atoms with Gasteiger partial charge in [-0.05, 0) is 37.3 Å². The number of nitrogens with zero attached hydrogens (tertiary/aromatic N) is 2. The number of Topliss-reactive ketones (excluding diaryl/α,β-unsaturated/α-hetero) is 1. The number of carbonyl (C=O) groups excluding carboxylic acids is 1. The van der Waals surface area contributed by atoms with Crippen LogP contribution >= 0.6 is 11.3 Å². The second-order valence-electron chi connectivity index (χ2n) is 7.37. The van der Waals surface area contributed by atoms with E-state index in [0.717, 1.165) is 19.3 Å². The summed E-state index contributed by atoms with van der Waals surface area (Å²) in [7, 11) is -1.32. The maximum Gasteiger partial charge on any atom is 0.526 e. The van der Waals surface area contributed by atoms with Gasteiger partial charge in [-0.2, -0.15) is 0 Å². The molecular formula is C19H20BN3O6S. The predicted molar refractivity (Wildman–Crippen MR) is 111 cm³/mol. The number of aromatic carboxylic acids is 1. The second kappa shape index (κ2) is 8.45. The summed E-state index contributed by atoms with van der Waals surface area (Å²) in [6.07, 6.45) is 3.07. The van der Waals surface area contributed by atoms with Crippen LogP contribution in [0.2, 0.25) is 5.82 Å². The molecule has 0 amide bonds. The minimum atomic E-state index is -1.32. The van der Waals surface area contributed by atoms with Crippen LogP contribution in [-0.2, 0) is 16.1 Å². The summed E-state index contributed by atoms with van der Waals surface area (Å²) in [6, 6.07) is 4.75. The normalized spacial score (nSPS) is 18.9. The first-order chi connectivity index (χ1) is 14.4. The third-order valence-corrected chi connectivity index (χ3v) is 5.95. The number of thiazole rings is 1. The van der Waals surface area contributed by atoms with Crippen molar-refractivity contribution in [1.29, 1.82) is 0 Å². The van der Waals surface area contributed by atoms with Gasteiger partial charge in [0.1, 0.15) is 17.5 Å². The van der Waals surface area contributed by atoms with Crippen LogP contribution in [0.15, 0.2) is 28.7 Å². The van der Waals surface area contributed by atoms with E-state index >= 15 is 0 Å². The number of aromatic nitrogens is 1. The van der Waals surface area contributed by atoms with Gasteiger partial charge in [0.2, 0.25) is 0 Å². The van der Waals surface area contributed by atoms with Crippen molar-refractivity contribution in [2.24, 2.45) is 5.16 Å². The third-order valence-electron chi connectivity index (χ3n) is 5.27. The Morgan fingerprint density at radius 2 is 2.20 bits per heavy atom. The highest BCUT2D eigenvalue weighted by Crippen LogP contribution is 2.36. The van der Waals surface area contributed by atoms with E-state index in [9.17, 15) is 19.7 Å². The molecule has 156 valence electrons. The molecule has 1 aromatic carbocycles. The van der Waals surface area contributed by atoms with Gasteiger partial charge in [-0.25, -0.2) is 9.78 Å². The molecule has 4 rings (SSSR count). The SMILES string of the molecule is Nc1nc(/C(=N/OC2CCC2)C(=O)C[C@H]2Cc3cccc(C(=O)O)c3OB2O)cs1. The van der Waals surface area contributed by atoms with Crippen LogP contribution in [0.1, 0.15) is 47.3 Å². The summed E-state index contributed by atoms with van der Waals surface area (Å²) >= 11 is 1.19. The van der Waals surface area contributed by atoms with E-state index in [1.165, 1.54) is 17.4 Å². The number of fused-ring (bicyclic) bond motifs is 1. The Bertz CT molecular complexity index is 1010. The molecule has 30 heavy (non-hydrogen) atoms. The number of hydrogen-bond acceptors (Lipinski definition) is 9. The van der Waals surface area contributed by atoms with E-state index in [-0.39, 0.29) is 35.3 Å². The fraction of sp³-hybridized carbons (Fsp3) is 0.368. The highest BCUT2D eigenvalue weighted by Gasteiger charge is 2.39. The number of carbonyl (C=O) groups is 2. The molecule has 0 unspecified atom stereocenters. The molecule has 1 aliphatic heterocycles. The lowest BCUT2D eigenvalue weighted by molar-refractivity contribution is -0.113. The minimum Gasteiger partial charge on any atom is -0.535 e. The molecule has 0 radical (unpaired) electrons. The molecule has 9 nitrogen and oxygen atoms in total. The third kappa shape index (κ3) is 4.17. The van der Waals surface area contributed by atoms with E-state index in [2.05, 4.69) is 10.1 Å². The van der Waals surface area contributed by atoms with Crippen LogP contribution < -0.4 is 10.4 Å². The predicted octanol–water partition coefficient (Wildman–Crippen LogP) is 2.14. The molecule has 0 bridgehead atoms. The number of nitrogens with two attached hydrogens (primary N) is 1. The average molecular weight is 429 g/mol. The fourth-order valence-corrected chi connectivity index (χ4v) is 3.95. The lowest BCUT2D eigenvalue weighted by Gasteiger charge is -2.28. The molecule has 1 aliphatic carbocycles. The number of carboxylic acid groups (broad SMARTS) is 1. The average Bonchev–Trinajstić information content (AvgIpc) is 3.09. The van der Waals surface area contributed by atoms with Crippen LogP contribution in [0.25, 0.3) is 0 Å². The van der Waals surface area contributed by atoms with Crippen LogP contribution in [0.5, 0.6) is 5.75 Å². The van der Waals surface area contributed by atoms with E-state index in [1.54, 1.807) is 17.5 Å². The van der Waals surface area contributed by atoms with Crippen LogP contribution in [0.3, 0.4) is 0 Å². The van der Waals surface area contributed by atoms with Crippen molar-refractivity contribution in [3.05, 3.63) is 40.4 Å². The first-order valence-electron chi connectivity index (χ1n) is 9.60. The number of nitrogen functional groups attached to an aromatic ring is 1. The van der Waals surface area contributed by atoms with Crippen molar-refractivity contribution in [3.63, 3.8) is 0 Å². The van der Waals surface area contributed by atoms with Gasteiger partial charge in [-0.3, -0.25) is 4.79 Å². The first-order valence-corrected chi connectivity index (χ1v) is 10.5. The molecule has 1 saturated carbocycles. The Hall–Kier alpha value is -2.92. The number of oxime groups is 1. The highest BCUT2D eigenvalue weighted by atomic mass is 32.1. The number of rotatable bonds is 7. The molecule has 1 fully saturated rings. The van der Waals surface area contributed by atoms with Crippen molar-refractivity contribution in [2.45, 2.75) is 44.0 Å². The molecule has 0 spiro atoms. The van der Waals surface area contributed by atoms with E-state index in [1.807, 2.05) is 0 Å². The minimum absolute atomic E-state index is 0.00583. The number of para-hydroxylation sites is 1. The molecule has 2 aliphatic rings. The van der Waals surface area contributed by atoms with Crippen molar-refractivity contribution in [2.75, 3.05) is 5.73 Å². The summed E-state index contributed by atoms with van der Waals surface area (Å²) in [5, 5.41) is 25.7. The van der Waals surface area contributed by atoms with Gasteiger partial charge >= 0.3 is 13.1 Å². The van der Waals surface area contributed by atoms with Crippen molar-refractivity contribution >= 4 is 41.1 Å². The van der Waals surface area contributed by atoms with Gasteiger partial charge in [-0.15, -0.1) is 11.3 Å². The van der Waals surface area contributed by atoms with Crippen LogP contribution in [-0.4, -0.2) is 45.8 Å².